The number of nitrogens with zero attached hydrogens (tertiary/aromatic N) is 2. The summed E-state index contributed by atoms with van der Waals surface area (Å²) >= 11 is 0. The molecule has 5 heteroatoms. The van der Waals surface area contributed by atoms with Crippen LogP contribution in [0.25, 0.3) is 0 Å². The normalized spacial score (nSPS) is 19.7. The van der Waals surface area contributed by atoms with Crippen LogP contribution in [0.1, 0.15) is 47.6 Å². The van der Waals surface area contributed by atoms with Crippen LogP contribution in [0.4, 0.5) is 0 Å². The number of rotatable bonds is 2. The van der Waals surface area contributed by atoms with Crippen LogP contribution in [0.5, 0.6) is 0 Å². The summed E-state index contributed by atoms with van der Waals surface area (Å²) in [6.45, 7) is 6.41. The number of amides is 2. The van der Waals surface area contributed by atoms with Crippen molar-refractivity contribution in [1.82, 2.24) is 9.80 Å². The number of aryl methyl sites for hydroxylation is 2. The first kappa shape index (κ1) is 15.1. The Bertz CT molecular complexity index is 574. The number of hydrogen-bond acceptors (Lipinski definition) is 3. The van der Waals surface area contributed by atoms with Crippen molar-refractivity contribution >= 4 is 11.8 Å². The molecule has 0 unspecified atom stereocenters. The molecule has 2 heterocycles. The van der Waals surface area contributed by atoms with Gasteiger partial charge in [0, 0.05) is 32.1 Å². The molecule has 1 aromatic rings. The fraction of sp³-hybridized carbons (Fsp3) is 0.647. The number of hydrogen-bond donors (Lipinski definition) is 0. The van der Waals surface area contributed by atoms with Gasteiger partial charge < -0.3 is 14.2 Å². The summed E-state index contributed by atoms with van der Waals surface area (Å²) in [6, 6.07) is 1.81. The van der Waals surface area contributed by atoms with E-state index < -0.39 is 0 Å². The molecular formula is C17H24N2O3. The lowest BCUT2D eigenvalue weighted by Gasteiger charge is -2.31. The Balaban J connectivity index is 1.63. The molecule has 3 rings (SSSR count). The highest BCUT2D eigenvalue weighted by Gasteiger charge is 2.31. The van der Waals surface area contributed by atoms with Crippen LogP contribution < -0.4 is 0 Å². The Morgan fingerprint density at radius 1 is 1.05 bits per heavy atom. The number of furan rings is 1. The van der Waals surface area contributed by atoms with Gasteiger partial charge in [-0.1, -0.05) is 6.42 Å². The maximum absolute atomic E-state index is 12.6. The molecule has 5 nitrogen and oxygen atoms in total. The van der Waals surface area contributed by atoms with E-state index in [1.165, 1.54) is 6.42 Å². The summed E-state index contributed by atoms with van der Waals surface area (Å²) in [5, 5.41) is 0. The Kier molecular flexibility index (Phi) is 4.23. The molecule has 120 valence electrons. The zero-order valence-corrected chi connectivity index (χ0v) is 13.4. The summed E-state index contributed by atoms with van der Waals surface area (Å²) in [5.41, 5.74) is 0.649. The topological polar surface area (TPSA) is 53.8 Å². The van der Waals surface area contributed by atoms with Crippen molar-refractivity contribution in [2.24, 2.45) is 5.92 Å². The van der Waals surface area contributed by atoms with Crippen LogP contribution in [0.3, 0.4) is 0 Å². The molecule has 0 N–H and O–H groups in total. The molecule has 22 heavy (non-hydrogen) atoms. The highest BCUT2D eigenvalue weighted by molar-refractivity contribution is 5.95. The number of carbonyl (C=O) groups is 2. The lowest BCUT2D eigenvalue weighted by atomic mass is 9.84. The zero-order valence-electron chi connectivity index (χ0n) is 13.4. The Hall–Kier alpha value is -1.78. The van der Waals surface area contributed by atoms with E-state index in [0.29, 0.717) is 31.0 Å². The fourth-order valence-corrected chi connectivity index (χ4v) is 3.27. The molecule has 1 aliphatic heterocycles. The number of carbonyl (C=O) groups excluding carboxylic acids is 2. The van der Waals surface area contributed by atoms with Crippen LogP contribution >= 0.6 is 0 Å². The van der Waals surface area contributed by atoms with E-state index in [2.05, 4.69) is 0 Å². The van der Waals surface area contributed by atoms with Crippen molar-refractivity contribution in [3.05, 3.63) is 23.2 Å². The minimum Gasteiger partial charge on any atom is -0.466 e. The van der Waals surface area contributed by atoms with Gasteiger partial charge in [-0.25, -0.2) is 0 Å². The maximum atomic E-state index is 12.6. The van der Waals surface area contributed by atoms with Crippen molar-refractivity contribution in [3.8, 4) is 0 Å². The second-order valence-electron chi connectivity index (χ2n) is 6.43. The van der Waals surface area contributed by atoms with Gasteiger partial charge in [0.25, 0.3) is 5.91 Å². The van der Waals surface area contributed by atoms with E-state index in [1.54, 1.807) is 6.07 Å². The molecule has 2 aliphatic rings. The monoisotopic (exact) mass is 304 g/mol. The Morgan fingerprint density at radius 3 is 2.32 bits per heavy atom. The van der Waals surface area contributed by atoms with Gasteiger partial charge in [0.1, 0.15) is 11.5 Å². The van der Waals surface area contributed by atoms with E-state index in [4.69, 9.17) is 4.42 Å². The standard InChI is InChI=1S/C17H24N2O3/c1-12-11-15(13(2)22-12)17(21)19-8-4-7-18(9-10-19)16(20)14-5-3-6-14/h11,14H,3-10H2,1-2H3. The molecule has 0 atom stereocenters. The predicted octanol–water partition coefficient (Wildman–Crippen LogP) is 2.37. The van der Waals surface area contributed by atoms with Gasteiger partial charge in [0.15, 0.2) is 0 Å². The summed E-state index contributed by atoms with van der Waals surface area (Å²) in [7, 11) is 0. The SMILES string of the molecule is Cc1cc(C(=O)N2CCCN(C(=O)C3CCC3)CC2)c(C)o1. The molecule has 0 bridgehead atoms. The highest BCUT2D eigenvalue weighted by Crippen LogP contribution is 2.28. The van der Waals surface area contributed by atoms with E-state index in [9.17, 15) is 9.59 Å². The maximum Gasteiger partial charge on any atom is 0.257 e. The lowest BCUT2D eigenvalue weighted by Crippen LogP contribution is -2.41. The van der Waals surface area contributed by atoms with Crippen molar-refractivity contribution in [2.45, 2.75) is 39.5 Å². The molecule has 1 aliphatic carbocycles. The first-order valence-electron chi connectivity index (χ1n) is 8.21. The summed E-state index contributed by atoms with van der Waals surface area (Å²) in [6.07, 6.45) is 4.09. The average molecular weight is 304 g/mol. The van der Waals surface area contributed by atoms with Crippen LogP contribution in [0.15, 0.2) is 10.5 Å². The Morgan fingerprint density at radius 2 is 1.73 bits per heavy atom. The van der Waals surface area contributed by atoms with Gasteiger partial charge in [-0.05, 0) is 39.2 Å². The van der Waals surface area contributed by atoms with Crippen molar-refractivity contribution in [2.75, 3.05) is 26.2 Å². The molecule has 0 aromatic carbocycles. The third-order valence-electron chi connectivity index (χ3n) is 4.82. The molecular weight excluding hydrogens is 280 g/mol. The van der Waals surface area contributed by atoms with Crippen LogP contribution in [-0.4, -0.2) is 47.8 Å². The largest absolute Gasteiger partial charge is 0.466 e. The molecule has 2 amide bonds. The van der Waals surface area contributed by atoms with E-state index in [-0.39, 0.29) is 17.7 Å². The third kappa shape index (κ3) is 2.89. The highest BCUT2D eigenvalue weighted by atomic mass is 16.3. The van der Waals surface area contributed by atoms with E-state index >= 15 is 0 Å². The van der Waals surface area contributed by atoms with Crippen molar-refractivity contribution in [3.63, 3.8) is 0 Å². The van der Waals surface area contributed by atoms with Gasteiger partial charge in [-0.2, -0.15) is 0 Å². The zero-order chi connectivity index (χ0) is 15.7. The third-order valence-corrected chi connectivity index (χ3v) is 4.82. The summed E-state index contributed by atoms with van der Waals surface area (Å²) < 4.78 is 5.46. The molecule has 2 fully saturated rings. The van der Waals surface area contributed by atoms with Gasteiger partial charge in [-0.3, -0.25) is 9.59 Å². The molecule has 0 spiro atoms. The smallest absolute Gasteiger partial charge is 0.257 e. The van der Waals surface area contributed by atoms with E-state index in [0.717, 1.165) is 31.6 Å². The van der Waals surface area contributed by atoms with Crippen LogP contribution in [0, 0.1) is 19.8 Å². The second-order valence-corrected chi connectivity index (χ2v) is 6.43. The van der Waals surface area contributed by atoms with E-state index in [1.807, 2.05) is 23.6 Å². The van der Waals surface area contributed by atoms with Gasteiger partial charge >= 0.3 is 0 Å². The Labute approximate surface area is 131 Å². The fourth-order valence-electron chi connectivity index (χ4n) is 3.27. The quantitative estimate of drug-likeness (QED) is 0.843. The average Bonchev–Trinajstić information content (AvgIpc) is 2.64. The predicted molar refractivity (Wildman–Crippen MR) is 82.6 cm³/mol. The van der Waals surface area contributed by atoms with Crippen LogP contribution in [-0.2, 0) is 4.79 Å². The molecule has 1 aromatic heterocycles. The van der Waals surface area contributed by atoms with Gasteiger partial charge in [0.05, 0.1) is 5.56 Å². The first-order valence-corrected chi connectivity index (χ1v) is 8.21. The second kappa shape index (κ2) is 6.15. The molecule has 0 radical (unpaired) electrons. The molecule has 1 saturated heterocycles. The lowest BCUT2D eigenvalue weighted by molar-refractivity contribution is -0.138. The van der Waals surface area contributed by atoms with Gasteiger partial charge in [-0.15, -0.1) is 0 Å². The minimum atomic E-state index is 0.0206. The van der Waals surface area contributed by atoms with Crippen molar-refractivity contribution < 1.29 is 14.0 Å². The van der Waals surface area contributed by atoms with Crippen LogP contribution in [0.2, 0.25) is 0 Å². The summed E-state index contributed by atoms with van der Waals surface area (Å²) in [4.78, 5) is 28.8. The van der Waals surface area contributed by atoms with Crippen molar-refractivity contribution in [1.29, 1.82) is 0 Å². The minimum absolute atomic E-state index is 0.0206. The molecule has 1 saturated carbocycles. The van der Waals surface area contributed by atoms with Gasteiger partial charge in [0.2, 0.25) is 5.91 Å². The summed E-state index contributed by atoms with van der Waals surface area (Å²) in [5.74, 6) is 1.98. The first-order chi connectivity index (χ1) is 10.6.